The third-order valence-corrected chi connectivity index (χ3v) is 3.28. The summed E-state index contributed by atoms with van der Waals surface area (Å²) in [6.45, 7) is 7.43. The number of amides is 1. The van der Waals surface area contributed by atoms with Crippen LogP contribution in [0.25, 0.3) is 0 Å². The molecule has 19 heavy (non-hydrogen) atoms. The van der Waals surface area contributed by atoms with Gasteiger partial charge in [-0.05, 0) is 45.9 Å². The van der Waals surface area contributed by atoms with Gasteiger partial charge < -0.3 is 15.4 Å². The number of aromatic nitrogens is 1. The van der Waals surface area contributed by atoms with Crippen molar-refractivity contribution in [1.29, 1.82) is 0 Å². The van der Waals surface area contributed by atoms with Gasteiger partial charge in [0.05, 0.1) is 11.5 Å². The van der Waals surface area contributed by atoms with Gasteiger partial charge in [0, 0.05) is 12.7 Å². The molecule has 1 saturated heterocycles. The van der Waals surface area contributed by atoms with Crippen molar-refractivity contribution in [2.45, 2.75) is 33.3 Å². The molecule has 1 aromatic rings. The first kappa shape index (κ1) is 13.8. The lowest BCUT2D eigenvalue weighted by Crippen LogP contribution is -2.35. The van der Waals surface area contributed by atoms with Crippen molar-refractivity contribution in [3.05, 3.63) is 18.3 Å². The van der Waals surface area contributed by atoms with E-state index < -0.39 is 0 Å². The number of hydrogen-bond donors (Lipinski definition) is 2. The summed E-state index contributed by atoms with van der Waals surface area (Å²) in [4.78, 5) is 16.5. The number of nitrogens with one attached hydrogen (secondary N) is 2. The van der Waals surface area contributed by atoms with Gasteiger partial charge in [0.25, 0.3) is 0 Å². The zero-order chi connectivity index (χ0) is 13.9. The number of nitrogens with zero attached hydrogens (tertiary/aromatic N) is 1. The third-order valence-electron chi connectivity index (χ3n) is 3.28. The highest BCUT2D eigenvalue weighted by Gasteiger charge is 2.36. The van der Waals surface area contributed by atoms with Gasteiger partial charge in [-0.3, -0.25) is 4.79 Å². The molecule has 1 aliphatic heterocycles. The van der Waals surface area contributed by atoms with Crippen molar-refractivity contribution in [3.8, 4) is 5.88 Å². The van der Waals surface area contributed by atoms with Crippen LogP contribution in [-0.2, 0) is 4.79 Å². The molecule has 5 nitrogen and oxygen atoms in total. The van der Waals surface area contributed by atoms with Crippen molar-refractivity contribution >= 4 is 11.6 Å². The van der Waals surface area contributed by atoms with Crippen LogP contribution in [0.4, 0.5) is 5.69 Å². The fourth-order valence-corrected chi connectivity index (χ4v) is 2.09. The molecule has 0 aromatic carbocycles. The summed E-state index contributed by atoms with van der Waals surface area (Å²) in [7, 11) is 0. The van der Waals surface area contributed by atoms with E-state index in [1.165, 1.54) is 0 Å². The summed E-state index contributed by atoms with van der Waals surface area (Å²) in [5.74, 6) is 0.486. The van der Waals surface area contributed by atoms with E-state index in [1.54, 1.807) is 12.3 Å². The molecule has 104 valence electrons. The summed E-state index contributed by atoms with van der Waals surface area (Å²) in [5, 5.41) is 6.15. The zero-order valence-corrected chi connectivity index (χ0v) is 11.7. The normalized spacial score (nSPS) is 22.5. The number of hydrogen-bond acceptors (Lipinski definition) is 4. The first-order valence-electron chi connectivity index (χ1n) is 6.65. The maximum absolute atomic E-state index is 12.3. The van der Waals surface area contributed by atoms with E-state index in [2.05, 4.69) is 15.6 Å². The predicted octanol–water partition coefficient (Wildman–Crippen LogP) is 1.81. The summed E-state index contributed by atoms with van der Waals surface area (Å²) in [6, 6.07) is 3.60. The molecular weight excluding hydrogens is 242 g/mol. The van der Waals surface area contributed by atoms with Gasteiger partial charge >= 0.3 is 0 Å². The lowest BCUT2D eigenvalue weighted by atomic mass is 9.89. The average molecular weight is 263 g/mol. The summed E-state index contributed by atoms with van der Waals surface area (Å²) in [5.41, 5.74) is 0.277. The van der Waals surface area contributed by atoms with E-state index in [9.17, 15) is 4.79 Å². The molecule has 1 atom stereocenters. The minimum Gasteiger partial charge on any atom is -0.473 e. The number of rotatable bonds is 4. The van der Waals surface area contributed by atoms with Crippen LogP contribution >= 0.6 is 0 Å². The van der Waals surface area contributed by atoms with Gasteiger partial charge in [-0.25, -0.2) is 4.98 Å². The van der Waals surface area contributed by atoms with Crippen LogP contribution in [0.2, 0.25) is 0 Å². The van der Waals surface area contributed by atoms with Crippen molar-refractivity contribution in [2.75, 3.05) is 18.4 Å². The highest BCUT2D eigenvalue weighted by Crippen LogP contribution is 2.29. The quantitative estimate of drug-likeness (QED) is 0.869. The van der Waals surface area contributed by atoms with E-state index in [-0.39, 0.29) is 17.4 Å². The van der Waals surface area contributed by atoms with Crippen LogP contribution in [0.15, 0.2) is 18.3 Å². The van der Waals surface area contributed by atoms with Gasteiger partial charge in [0.15, 0.2) is 0 Å². The fraction of sp³-hybridized carbons (Fsp3) is 0.571. The molecule has 0 spiro atoms. The van der Waals surface area contributed by atoms with Crippen LogP contribution in [-0.4, -0.2) is 30.1 Å². The molecule has 2 rings (SSSR count). The molecule has 5 heteroatoms. The Morgan fingerprint density at radius 2 is 2.37 bits per heavy atom. The van der Waals surface area contributed by atoms with Gasteiger partial charge in [0.1, 0.15) is 5.69 Å². The van der Waals surface area contributed by atoms with E-state index >= 15 is 0 Å². The summed E-state index contributed by atoms with van der Waals surface area (Å²) >= 11 is 0. The molecule has 1 aliphatic rings. The maximum atomic E-state index is 12.3. The monoisotopic (exact) mass is 263 g/mol. The van der Waals surface area contributed by atoms with Crippen LogP contribution in [0.5, 0.6) is 5.88 Å². The Balaban J connectivity index is 2.12. The van der Waals surface area contributed by atoms with Gasteiger partial charge in [-0.2, -0.15) is 0 Å². The molecule has 1 amide bonds. The Morgan fingerprint density at radius 3 is 3.00 bits per heavy atom. The summed E-state index contributed by atoms with van der Waals surface area (Å²) in [6.07, 6.45) is 2.53. The van der Waals surface area contributed by atoms with Gasteiger partial charge in [-0.15, -0.1) is 0 Å². The van der Waals surface area contributed by atoms with E-state index in [1.807, 2.05) is 26.8 Å². The topological polar surface area (TPSA) is 63.2 Å². The molecule has 0 saturated carbocycles. The molecular formula is C14H21N3O2. The van der Waals surface area contributed by atoms with Crippen LogP contribution in [0.3, 0.4) is 0 Å². The van der Waals surface area contributed by atoms with Crippen LogP contribution in [0.1, 0.15) is 27.2 Å². The number of carbonyl (C=O) groups is 1. The molecule has 2 heterocycles. The smallest absolute Gasteiger partial charge is 0.238 e. The minimum absolute atomic E-state index is 0.0131. The van der Waals surface area contributed by atoms with Crippen molar-refractivity contribution in [2.24, 2.45) is 5.41 Å². The van der Waals surface area contributed by atoms with E-state index in [4.69, 9.17) is 4.74 Å². The number of carbonyl (C=O) groups excluding carboxylic acids is 1. The lowest BCUT2D eigenvalue weighted by molar-refractivity contribution is -0.123. The zero-order valence-electron chi connectivity index (χ0n) is 11.7. The second-order valence-electron chi connectivity index (χ2n) is 5.46. The molecule has 2 N–H and O–H groups in total. The second-order valence-corrected chi connectivity index (χ2v) is 5.46. The van der Waals surface area contributed by atoms with E-state index in [0.717, 1.165) is 13.0 Å². The summed E-state index contributed by atoms with van der Waals surface area (Å²) < 4.78 is 5.60. The standard InChI is InChI=1S/C14H21N3O2/c1-10(2)19-12-11(5-4-7-16-12)17-13(18)14(3)6-8-15-9-14/h4-5,7,10,15H,6,8-9H2,1-3H3,(H,17,18). The molecule has 1 aromatic heterocycles. The van der Waals surface area contributed by atoms with Crippen molar-refractivity contribution in [3.63, 3.8) is 0 Å². The maximum Gasteiger partial charge on any atom is 0.238 e. The Kier molecular flexibility index (Phi) is 4.04. The van der Waals surface area contributed by atoms with E-state index in [0.29, 0.717) is 18.1 Å². The molecule has 0 bridgehead atoms. The Hall–Kier alpha value is -1.62. The van der Waals surface area contributed by atoms with Crippen molar-refractivity contribution < 1.29 is 9.53 Å². The van der Waals surface area contributed by atoms with Gasteiger partial charge in [-0.1, -0.05) is 0 Å². The molecule has 0 radical (unpaired) electrons. The average Bonchev–Trinajstić information content (AvgIpc) is 2.79. The lowest BCUT2D eigenvalue weighted by Gasteiger charge is -2.22. The van der Waals surface area contributed by atoms with Crippen LogP contribution in [0, 0.1) is 5.41 Å². The minimum atomic E-state index is -0.356. The molecule has 1 unspecified atom stereocenters. The Morgan fingerprint density at radius 1 is 1.58 bits per heavy atom. The SMILES string of the molecule is CC(C)Oc1ncccc1NC(=O)C1(C)CCNC1. The number of anilines is 1. The van der Waals surface area contributed by atoms with Crippen LogP contribution < -0.4 is 15.4 Å². The highest BCUT2D eigenvalue weighted by molar-refractivity contribution is 5.96. The van der Waals surface area contributed by atoms with Crippen molar-refractivity contribution in [1.82, 2.24) is 10.3 Å². The number of pyridine rings is 1. The first-order valence-corrected chi connectivity index (χ1v) is 6.65. The Labute approximate surface area is 113 Å². The largest absolute Gasteiger partial charge is 0.473 e. The fourth-order valence-electron chi connectivity index (χ4n) is 2.09. The molecule has 1 fully saturated rings. The Bertz CT molecular complexity index is 454. The highest BCUT2D eigenvalue weighted by atomic mass is 16.5. The predicted molar refractivity (Wildman–Crippen MR) is 74.2 cm³/mol. The first-order chi connectivity index (χ1) is 9.01. The van der Waals surface area contributed by atoms with Gasteiger partial charge in [0.2, 0.25) is 11.8 Å². The number of ether oxygens (including phenoxy) is 1. The second kappa shape index (κ2) is 5.57. The third kappa shape index (κ3) is 3.23. The molecule has 0 aliphatic carbocycles.